The van der Waals surface area contributed by atoms with Crippen molar-refractivity contribution in [3.63, 3.8) is 0 Å². The van der Waals surface area contributed by atoms with Crippen molar-refractivity contribution >= 4 is 33.6 Å². The molecule has 0 unspecified atom stereocenters. The summed E-state index contributed by atoms with van der Waals surface area (Å²) in [4.78, 5) is 4.52. The van der Waals surface area contributed by atoms with E-state index in [1.165, 1.54) is 25.3 Å². The molecule has 7 heteroatoms. The summed E-state index contributed by atoms with van der Waals surface area (Å²) in [5.41, 5.74) is 3.31. The van der Waals surface area contributed by atoms with Gasteiger partial charge in [0.25, 0.3) is 0 Å². The van der Waals surface area contributed by atoms with Crippen LogP contribution >= 0.6 is 11.6 Å². The van der Waals surface area contributed by atoms with Gasteiger partial charge in [0.2, 0.25) is 0 Å². The number of methoxy groups -OCH3 is 1. The van der Waals surface area contributed by atoms with Gasteiger partial charge >= 0.3 is 10.1 Å². The highest BCUT2D eigenvalue weighted by molar-refractivity contribution is 7.87. The number of aliphatic imine (C=N–C) groups is 1. The molecular formula is C22H20ClNO4S. The third kappa shape index (κ3) is 4.96. The van der Waals surface area contributed by atoms with E-state index in [1.54, 1.807) is 36.5 Å². The first-order chi connectivity index (χ1) is 13.8. The normalized spacial score (nSPS) is 11.6. The standard InChI is InChI=1S/C22H20ClNO4S/c1-15-7-10-18(11-8-15)29(25,26)28-21-12-9-17(13-22(21)27-3)14-24-20-6-4-5-19(23)16(20)2/h4-14H,1-3H3. The van der Waals surface area contributed by atoms with Gasteiger partial charge in [-0.05, 0) is 67.4 Å². The molecule has 150 valence electrons. The molecule has 0 N–H and O–H groups in total. The number of rotatable bonds is 6. The van der Waals surface area contributed by atoms with E-state index in [1.807, 2.05) is 26.0 Å². The monoisotopic (exact) mass is 429 g/mol. The number of hydrogen-bond donors (Lipinski definition) is 0. The first-order valence-electron chi connectivity index (χ1n) is 8.78. The summed E-state index contributed by atoms with van der Waals surface area (Å²) in [7, 11) is -2.52. The summed E-state index contributed by atoms with van der Waals surface area (Å²) in [6, 6.07) is 16.8. The summed E-state index contributed by atoms with van der Waals surface area (Å²) in [6.45, 7) is 3.77. The second-order valence-corrected chi connectivity index (χ2v) is 8.36. The summed E-state index contributed by atoms with van der Waals surface area (Å²) in [5.74, 6) is 0.386. The van der Waals surface area contributed by atoms with Gasteiger partial charge in [-0.2, -0.15) is 8.42 Å². The molecule has 0 amide bonds. The quantitative estimate of drug-likeness (QED) is 0.384. The highest BCUT2D eigenvalue weighted by Gasteiger charge is 2.19. The SMILES string of the molecule is COc1cc(C=Nc2cccc(Cl)c2C)ccc1OS(=O)(=O)c1ccc(C)cc1. The fourth-order valence-corrected chi connectivity index (χ4v) is 3.69. The predicted molar refractivity (Wildman–Crippen MR) is 115 cm³/mol. The van der Waals surface area contributed by atoms with E-state index in [9.17, 15) is 8.42 Å². The fourth-order valence-electron chi connectivity index (χ4n) is 2.58. The van der Waals surface area contributed by atoms with Crippen LogP contribution in [0.2, 0.25) is 5.02 Å². The lowest BCUT2D eigenvalue weighted by Crippen LogP contribution is -2.10. The van der Waals surface area contributed by atoms with Gasteiger partial charge in [-0.1, -0.05) is 35.4 Å². The average molecular weight is 430 g/mol. The van der Waals surface area contributed by atoms with Crippen molar-refractivity contribution in [1.29, 1.82) is 0 Å². The smallest absolute Gasteiger partial charge is 0.339 e. The Hall–Kier alpha value is -2.83. The average Bonchev–Trinajstić information content (AvgIpc) is 2.70. The zero-order valence-corrected chi connectivity index (χ0v) is 17.8. The Morgan fingerprint density at radius 3 is 2.38 bits per heavy atom. The second kappa shape index (κ2) is 8.68. The molecule has 0 aliphatic carbocycles. The topological polar surface area (TPSA) is 65.0 Å². The van der Waals surface area contributed by atoms with Crippen molar-refractivity contribution in [2.45, 2.75) is 18.7 Å². The van der Waals surface area contributed by atoms with E-state index in [0.717, 1.165) is 22.4 Å². The Balaban J connectivity index is 1.86. The van der Waals surface area contributed by atoms with Crippen LogP contribution in [0.4, 0.5) is 5.69 Å². The maximum absolute atomic E-state index is 12.5. The van der Waals surface area contributed by atoms with Gasteiger partial charge in [0.1, 0.15) is 4.90 Å². The minimum absolute atomic E-state index is 0.0761. The van der Waals surface area contributed by atoms with Gasteiger partial charge < -0.3 is 8.92 Å². The summed E-state index contributed by atoms with van der Waals surface area (Å²) in [5, 5.41) is 0.641. The van der Waals surface area contributed by atoms with Crippen LogP contribution in [0.25, 0.3) is 0 Å². The van der Waals surface area contributed by atoms with Crippen LogP contribution in [-0.2, 0) is 10.1 Å². The molecule has 0 heterocycles. The van der Waals surface area contributed by atoms with Crippen LogP contribution in [0.5, 0.6) is 11.5 Å². The van der Waals surface area contributed by atoms with Crippen molar-refractivity contribution < 1.29 is 17.3 Å². The first kappa shape index (κ1) is 20.9. The number of nitrogens with zero attached hydrogens (tertiary/aromatic N) is 1. The molecule has 3 aromatic carbocycles. The number of hydrogen-bond acceptors (Lipinski definition) is 5. The molecular weight excluding hydrogens is 410 g/mol. The van der Waals surface area contributed by atoms with Crippen LogP contribution < -0.4 is 8.92 Å². The van der Waals surface area contributed by atoms with Crippen molar-refractivity contribution in [2.75, 3.05) is 7.11 Å². The Labute approximate surface area is 175 Å². The van der Waals surface area contributed by atoms with Crippen LogP contribution in [0.3, 0.4) is 0 Å². The van der Waals surface area contributed by atoms with E-state index in [2.05, 4.69) is 4.99 Å². The maximum atomic E-state index is 12.5. The lowest BCUT2D eigenvalue weighted by Gasteiger charge is -2.11. The number of ether oxygens (including phenoxy) is 1. The molecule has 0 radical (unpaired) electrons. The molecule has 0 spiro atoms. The predicted octanol–water partition coefficient (Wildman–Crippen LogP) is 5.48. The van der Waals surface area contributed by atoms with Crippen molar-refractivity contribution in [1.82, 2.24) is 0 Å². The molecule has 0 fully saturated rings. The van der Waals surface area contributed by atoms with Crippen LogP contribution in [-0.4, -0.2) is 21.7 Å². The Bertz CT molecular complexity index is 1160. The minimum atomic E-state index is -3.97. The van der Waals surface area contributed by atoms with Crippen LogP contribution in [0, 0.1) is 13.8 Å². The molecule has 5 nitrogen and oxygen atoms in total. The first-order valence-corrected chi connectivity index (χ1v) is 10.6. The molecule has 0 aliphatic heterocycles. The largest absolute Gasteiger partial charge is 0.493 e. The van der Waals surface area contributed by atoms with Crippen LogP contribution in [0.15, 0.2) is 70.6 Å². The molecule has 0 bridgehead atoms. The molecule has 3 rings (SSSR count). The highest BCUT2D eigenvalue weighted by atomic mass is 35.5. The Morgan fingerprint density at radius 1 is 0.966 bits per heavy atom. The van der Waals surface area contributed by atoms with Gasteiger partial charge in [-0.15, -0.1) is 0 Å². The third-order valence-corrected chi connectivity index (χ3v) is 5.95. The van der Waals surface area contributed by atoms with Gasteiger partial charge in [0, 0.05) is 11.2 Å². The zero-order valence-electron chi connectivity index (χ0n) is 16.2. The number of benzene rings is 3. The maximum Gasteiger partial charge on any atom is 0.339 e. The summed E-state index contributed by atoms with van der Waals surface area (Å²) >= 11 is 6.12. The molecule has 0 saturated carbocycles. The van der Waals surface area contributed by atoms with E-state index >= 15 is 0 Å². The highest BCUT2D eigenvalue weighted by Crippen LogP contribution is 2.31. The van der Waals surface area contributed by atoms with Crippen LogP contribution in [0.1, 0.15) is 16.7 Å². The molecule has 0 aromatic heterocycles. The third-order valence-electron chi connectivity index (χ3n) is 4.29. The summed E-state index contributed by atoms with van der Waals surface area (Å²) < 4.78 is 35.7. The molecule has 0 saturated heterocycles. The minimum Gasteiger partial charge on any atom is -0.493 e. The zero-order chi connectivity index (χ0) is 21.0. The molecule has 29 heavy (non-hydrogen) atoms. The second-order valence-electron chi connectivity index (χ2n) is 6.40. The van der Waals surface area contributed by atoms with Crippen molar-refractivity contribution in [3.05, 3.63) is 82.4 Å². The van der Waals surface area contributed by atoms with Crippen molar-refractivity contribution in [2.24, 2.45) is 4.99 Å². The van der Waals surface area contributed by atoms with E-state index in [4.69, 9.17) is 20.5 Å². The summed E-state index contributed by atoms with van der Waals surface area (Å²) in [6.07, 6.45) is 1.65. The van der Waals surface area contributed by atoms with Gasteiger partial charge in [0.05, 0.1) is 12.8 Å². The van der Waals surface area contributed by atoms with Gasteiger partial charge in [-0.3, -0.25) is 4.99 Å². The Morgan fingerprint density at radius 2 is 1.69 bits per heavy atom. The van der Waals surface area contributed by atoms with E-state index in [-0.39, 0.29) is 16.4 Å². The fraction of sp³-hybridized carbons (Fsp3) is 0.136. The molecule has 0 aliphatic rings. The van der Waals surface area contributed by atoms with E-state index in [0.29, 0.717) is 5.02 Å². The lowest BCUT2D eigenvalue weighted by atomic mass is 10.2. The van der Waals surface area contributed by atoms with Gasteiger partial charge in [-0.25, -0.2) is 0 Å². The van der Waals surface area contributed by atoms with E-state index < -0.39 is 10.1 Å². The van der Waals surface area contributed by atoms with Gasteiger partial charge in [0.15, 0.2) is 11.5 Å². The molecule has 0 atom stereocenters. The number of halogens is 1. The van der Waals surface area contributed by atoms with Crippen molar-refractivity contribution in [3.8, 4) is 11.5 Å². The lowest BCUT2D eigenvalue weighted by molar-refractivity contribution is 0.390. The number of aryl methyl sites for hydroxylation is 1. The molecule has 3 aromatic rings. The Kier molecular flexibility index (Phi) is 6.25.